The first-order valence-corrected chi connectivity index (χ1v) is 7.68. The Hall–Kier alpha value is -1.59. The number of nitrogens with zero attached hydrogens (tertiary/aromatic N) is 1. The Morgan fingerprint density at radius 1 is 1.48 bits per heavy atom. The normalized spacial score (nSPS) is 24.9. The zero-order valence-corrected chi connectivity index (χ0v) is 12.3. The average Bonchev–Trinajstić information content (AvgIpc) is 2.80. The van der Waals surface area contributed by atoms with E-state index in [1.165, 1.54) is 0 Å². The summed E-state index contributed by atoms with van der Waals surface area (Å²) in [5, 5.41) is 12.5. The fourth-order valence-corrected chi connectivity index (χ4v) is 3.02. The predicted octanol–water partition coefficient (Wildman–Crippen LogP) is 2.07. The topological polar surface area (TPSA) is 61.8 Å². The standard InChI is InChI=1S/C16H22N2O3/c1-2-8-21-12-4-3-7-18(10-12)11-5-6-13-14(9-11)17-16(20)15(13)19/h5-6,9,12,15,19H,2-4,7-8,10H2,1H3,(H,17,20). The van der Waals surface area contributed by atoms with Crippen LogP contribution in [0.1, 0.15) is 37.9 Å². The summed E-state index contributed by atoms with van der Waals surface area (Å²) in [6, 6.07) is 5.76. The molecule has 0 aliphatic carbocycles. The van der Waals surface area contributed by atoms with E-state index in [4.69, 9.17) is 4.74 Å². The van der Waals surface area contributed by atoms with Crippen molar-refractivity contribution >= 4 is 17.3 Å². The van der Waals surface area contributed by atoms with Gasteiger partial charge in [0.15, 0.2) is 6.10 Å². The molecule has 1 fully saturated rings. The van der Waals surface area contributed by atoms with E-state index in [0.29, 0.717) is 5.56 Å². The highest BCUT2D eigenvalue weighted by Crippen LogP contribution is 2.34. The van der Waals surface area contributed by atoms with Crippen molar-refractivity contribution in [3.63, 3.8) is 0 Å². The van der Waals surface area contributed by atoms with Gasteiger partial charge in [0.2, 0.25) is 0 Å². The van der Waals surface area contributed by atoms with Gasteiger partial charge in [-0.05, 0) is 31.4 Å². The lowest BCUT2D eigenvalue weighted by atomic mass is 10.1. The van der Waals surface area contributed by atoms with Gasteiger partial charge in [-0.25, -0.2) is 0 Å². The van der Waals surface area contributed by atoms with Crippen LogP contribution < -0.4 is 10.2 Å². The summed E-state index contributed by atoms with van der Waals surface area (Å²) in [4.78, 5) is 13.8. The van der Waals surface area contributed by atoms with Crippen molar-refractivity contribution in [1.29, 1.82) is 0 Å². The number of aliphatic hydroxyl groups excluding tert-OH is 1. The second-order valence-corrected chi connectivity index (χ2v) is 5.74. The van der Waals surface area contributed by atoms with Crippen LogP contribution in [0.25, 0.3) is 0 Å². The lowest BCUT2D eigenvalue weighted by molar-refractivity contribution is -0.123. The Morgan fingerprint density at radius 3 is 3.14 bits per heavy atom. The minimum atomic E-state index is -1.03. The van der Waals surface area contributed by atoms with Crippen LogP contribution in [0.4, 0.5) is 11.4 Å². The van der Waals surface area contributed by atoms with Crippen molar-refractivity contribution in [2.45, 2.75) is 38.4 Å². The van der Waals surface area contributed by atoms with E-state index < -0.39 is 6.10 Å². The first-order chi connectivity index (χ1) is 10.2. The van der Waals surface area contributed by atoms with Gasteiger partial charge in [-0.1, -0.05) is 13.0 Å². The van der Waals surface area contributed by atoms with Gasteiger partial charge in [-0.15, -0.1) is 0 Å². The van der Waals surface area contributed by atoms with Crippen molar-refractivity contribution in [1.82, 2.24) is 0 Å². The van der Waals surface area contributed by atoms with Crippen LogP contribution in [-0.2, 0) is 9.53 Å². The molecule has 2 aliphatic rings. The van der Waals surface area contributed by atoms with Crippen LogP contribution in [-0.4, -0.2) is 36.8 Å². The quantitative estimate of drug-likeness (QED) is 0.891. The predicted molar refractivity (Wildman–Crippen MR) is 81.5 cm³/mol. The van der Waals surface area contributed by atoms with E-state index in [9.17, 15) is 9.90 Å². The number of piperidine rings is 1. The summed E-state index contributed by atoms with van der Waals surface area (Å²) in [5.74, 6) is -0.343. The number of fused-ring (bicyclic) bond motifs is 1. The molecule has 1 aromatic carbocycles. The first-order valence-electron chi connectivity index (χ1n) is 7.68. The Morgan fingerprint density at radius 2 is 2.33 bits per heavy atom. The highest BCUT2D eigenvalue weighted by Gasteiger charge is 2.29. The van der Waals surface area contributed by atoms with Crippen molar-refractivity contribution in [2.75, 3.05) is 29.9 Å². The first kappa shape index (κ1) is 14.4. The van der Waals surface area contributed by atoms with Crippen LogP contribution in [0.5, 0.6) is 0 Å². The zero-order chi connectivity index (χ0) is 14.8. The van der Waals surface area contributed by atoms with Crippen LogP contribution in [0.3, 0.4) is 0 Å². The third-order valence-corrected chi connectivity index (χ3v) is 4.14. The molecule has 2 N–H and O–H groups in total. The summed E-state index contributed by atoms with van der Waals surface area (Å²) >= 11 is 0. The van der Waals surface area contributed by atoms with Crippen LogP contribution in [0.15, 0.2) is 18.2 Å². The SMILES string of the molecule is CCCOC1CCCN(c2ccc3c(c2)NC(=O)C3O)C1. The van der Waals surface area contributed by atoms with Gasteiger partial charge in [-0.3, -0.25) is 4.79 Å². The number of hydrogen-bond donors (Lipinski definition) is 2. The van der Waals surface area contributed by atoms with Gasteiger partial charge in [-0.2, -0.15) is 0 Å². The average molecular weight is 290 g/mol. The number of aliphatic hydroxyl groups is 1. The number of rotatable bonds is 4. The highest BCUT2D eigenvalue weighted by atomic mass is 16.5. The Kier molecular flexibility index (Phi) is 4.12. The molecule has 1 amide bonds. The maximum Gasteiger partial charge on any atom is 0.257 e. The smallest absolute Gasteiger partial charge is 0.257 e. The van der Waals surface area contributed by atoms with E-state index in [-0.39, 0.29) is 12.0 Å². The monoisotopic (exact) mass is 290 g/mol. The van der Waals surface area contributed by atoms with Gasteiger partial charge in [0.25, 0.3) is 5.91 Å². The fourth-order valence-electron chi connectivity index (χ4n) is 3.02. The Balaban J connectivity index is 1.72. The van der Waals surface area contributed by atoms with Crippen molar-refractivity contribution in [3.05, 3.63) is 23.8 Å². The number of ether oxygens (including phenoxy) is 1. The number of benzene rings is 1. The Labute approximate surface area is 124 Å². The van der Waals surface area contributed by atoms with Gasteiger partial charge in [0.05, 0.1) is 6.10 Å². The number of amides is 1. The molecule has 2 aliphatic heterocycles. The largest absolute Gasteiger partial charge is 0.378 e. The number of carbonyl (C=O) groups is 1. The van der Waals surface area contributed by atoms with Crippen molar-refractivity contribution in [2.24, 2.45) is 0 Å². The maximum atomic E-state index is 11.5. The lowest BCUT2D eigenvalue weighted by Crippen LogP contribution is -2.39. The molecule has 0 aromatic heterocycles. The molecule has 0 spiro atoms. The molecule has 0 saturated carbocycles. The third kappa shape index (κ3) is 2.89. The van der Waals surface area contributed by atoms with Crippen LogP contribution >= 0.6 is 0 Å². The molecule has 0 bridgehead atoms. The van der Waals surface area contributed by atoms with Gasteiger partial charge in [0, 0.05) is 36.6 Å². The van der Waals surface area contributed by atoms with Crippen LogP contribution in [0.2, 0.25) is 0 Å². The number of anilines is 2. The summed E-state index contributed by atoms with van der Waals surface area (Å²) < 4.78 is 5.86. The van der Waals surface area contributed by atoms with Gasteiger partial charge < -0.3 is 20.1 Å². The molecule has 1 saturated heterocycles. The molecule has 2 atom stereocenters. The van der Waals surface area contributed by atoms with E-state index in [1.807, 2.05) is 18.2 Å². The fraction of sp³-hybridized carbons (Fsp3) is 0.562. The molecule has 5 nitrogen and oxygen atoms in total. The molecule has 2 heterocycles. The molecule has 21 heavy (non-hydrogen) atoms. The molecular formula is C16H22N2O3. The molecule has 114 valence electrons. The summed E-state index contributed by atoms with van der Waals surface area (Å²) in [7, 11) is 0. The Bertz CT molecular complexity index is 532. The molecular weight excluding hydrogens is 268 g/mol. The minimum absolute atomic E-state index is 0.284. The summed E-state index contributed by atoms with van der Waals surface area (Å²) in [6.45, 7) is 4.82. The van der Waals surface area contributed by atoms with Gasteiger partial charge >= 0.3 is 0 Å². The molecule has 5 heteroatoms. The number of carbonyl (C=O) groups excluding carboxylic acids is 1. The van der Waals surface area contributed by atoms with E-state index >= 15 is 0 Å². The minimum Gasteiger partial charge on any atom is -0.378 e. The van der Waals surface area contributed by atoms with Crippen molar-refractivity contribution < 1.29 is 14.6 Å². The van der Waals surface area contributed by atoms with Crippen molar-refractivity contribution in [3.8, 4) is 0 Å². The second-order valence-electron chi connectivity index (χ2n) is 5.74. The third-order valence-electron chi connectivity index (χ3n) is 4.14. The summed E-state index contributed by atoms with van der Waals surface area (Å²) in [5.41, 5.74) is 2.47. The molecule has 2 unspecified atom stereocenters. The van der Waals surface area contributed by atoms with E-state index in [0.717, 1.165) is 50.3 Å². The number of nitrogens with one attached hydrogen (secondary N) is 1. The van der Waals surface area contributed by atoms with E-state index in [2.05, 4.69) is 17.1 Å². The van der Waals surface area contributed by atoms with Crippen LogP contribution in [0, 0.1) is 0 Å². The lowest BCUT2D eigenvalue weighted by Gasteiger charge is -2.34. The highest BCUT2D eigenvalue weighted by molar-refractivity contribution is 6.02. The van der Waals surface area contributed by atoms with Gasteiger partial charge in [0.1, 0.15) is 0 Å². The molecule has 1 aromatic rings. The number of hydrogen-bond acceptors (Lipinski definition) is 4. The summed E-state index contributed by atoms with van der Waals surface area (Å²) in [6.07, 6.45) is 2.51. The molecule has 3 rings (SSSR count). The van der Waals surface area contributed by atoms with E-state index in [1.54, 1.807) is 0 Å². The molecule has 0 radical (unpaired) electrons. The zero-order valence-electron chi connectivity index (χ0n) is 12.3. The maximum absolute atomic E-state index is 11.5. The second kappa shape index (κ2) is 6.03.